The van der Waals surface area contributed by atoms with Crippen LogP contribution in [-0.4, -0.2) is 19.6 Å². The highest BCUT2D eigenvalue weighted by molar-refractivity contribution is 7.90. The van der Waals surface area contributed by atoms with Crippen LogP contribution in [0.25, 0.3) is 10.1 Å². The molecule has 21 heavy (non-hydrogen) atoms. The predicted molar refractivity (Wildman–Crippen MR) is 84.9 cm³/mol. The molecule has 1 aliphatic carbocycles. The average molecular weight is 325 g/mol. The second-order valence-corrected chi connectivity index (χ2v) is 8.43. The molecular formula is C15H19NO3S2. The zero-order chi connectivity index (χ0) is 15.0. The molecule has 1 aromatic heterocycles. The molecule has 2 aromatic rings. The van der Waals surface area contributed by atoms with Gasteiger partial charge in [-0.3, -0.25) is 0 Å². The van der Waals surface area contributed by atoms with E-state index in [-0.39, 0.29) is 17.5 Å². The number of aliphatic hydroxyl groups excluding tert-OH is 1. The van der Waals surface area contributed by atoms with Gasteiger partial charge < -0.3 is 5.11 Å². The molecule has 1 heterocycles. The lowest BCUT2D eigenvalue weighted by molar-refractivity contribution is 0.282. The summed E-state index contributed by atoms with van der Waals surface area (Å²) >= 11 is 1.34. The van der Waals surface area contributed by atoms with Crippen LogP contribution in [-0.2, 0) is 16.6 Å². The summed E-state index contributed by atoms with van der Waals surface area (Å²) in [4.78, 5) is 0.763. The van der Waals surface area contributed by atoms with Crippen LogP contribution < -0.4 is 4.72 Å². The van der Waals surface area contributed by atoms with Gasteiger partial charge in [0.05, 0.1) is 11.5 Å². The van der Waals surface area contributed by atoms with E-state index in [0.29, 0.717) is 16.2 Å². The molecule has 1 aromatic carbocycles. The third-order valence-electron chi connectivity index (χ3n) is 4.20. The largest absolute Gasteiger partial charge is 0.391 e. The normalized spacial score (nSPS) is 23.0. The van der Waals surface area contributed by atoms with Crippen LogP contribution >= 0.6 is 11.3 Å². The van der Waals surface area contributed by atoms with Crippen molar-refractivity contribution in [1.29, 1.82) is 0 Å². The number of thiophene rings is 1. The van der Waals surface area contributed by atoms with Gasteiger partial charge in [-0.15, -0.1) is 11.3 Å². The maximum Gasteiger partial charge on any atom is 0.242 e. The molecule has 0 amide bonds. The molecule has 6 heteroatoms. The van der Waals surface area contributed by atoms with Gasteiger partial charge in [-0.25, -0.2) is 13.1 Å². The highest BCUT2D eigenvalue weighted by atomic mass is 32.2. The average Bonchev–Trinajstić information content (AvgIpc) is 3.02. The zero-order valence-corrected chi connectivity index (χ0v) is 13.5. The van der Waals surface area contributed by atoms with Crippen LogP contribution in [0.2, 0.25) is 0 Å². The molecule has 2 atom stereocenters. The zero-order valence-electron chi connectivity index (χ0n) is 11.9. The lowest BCUT2D eigenvalue weighted by Crippen LogP contribution is -2.36. The third-order valence-corrected chi connectivity index (χ3v) is 7.10. The summed E-state index contributed by atoms with van der Waals surface area (Å²) in [5, 5.41) is 10.2. The van der Waals surface area contributed by atoms with Crippen molar-refractivity contribution in [3.63, 3.8) is 0 Å². The van der Waals surface area contributed by atoms with Gasteiger partial charge in [-0.05, 0) is 24.8 Å². The van der Waals surface area contributed by atoms with Gasteiger partial charge in [-0.1, -0.05) is 31.5 Å². The first-order valence-electron chi connectivity index (χ1n) is 7.16. The minimum atomic E-state index is -3.60. The Balaban J connectivity index is 2.05. The molecule has 114 valence electrons. The van der Waals surface area contributed by atoms with E-state index in [9.17, 15) is 13.5 Å². The summed E-state index contributed by atoms with van der Waals surface area (Å²) in [6.07, 6.45) is 3.01. The molecule has 3 rings (SSSR count). The predicted octanol–water partition coefficient (Wildman–Crippen LogP) is 2.86. The fourth-order valence-electron chi connectivity index (χ4n) is 3.05. The smallest absolute Gasteiger partial charge is 0.242 e. The van der Waals surface area contributed by atoms with Crippen LogP contribution in [0.4, 0.5) is 0 Å². The molecule has 0 bridgehead atoms. The number of fused-ring (bicyclic) bond motifs is 1. The number of benzene rings is 1. The van der Waals surface area contributed by atoms with E-state index in [4.69, 9.17) is 0 Å². The molecule has 1 fully saturated rings. The summed E-state index contributed by atoms with van der Waals surface area (Å²) in [6, 6.07) is 7.39. The molecule has 0 aliphatic heterocycles. The second-order valence-electron chi connectivity index (χ2n) is 5.64. The second kappa shape index (κ2) is 5.68. The lowest BCUT2D eigenvalue weighted by atomic mass is 10.1. The van der Waals surface area contributed by atoms with Gasteiger partial charge in [-0.2, -0.15) is 0 Å². The number of aliphatic hydroxyl groups is 1. The van der Waals surface area contributed by atoms with Crippen molar-refractivity contribution in [2.45, 2.75) is 43.7 Å². The van der Waals surface area contributed by atoms with Gasteiger partial charge in [0.15, 0.2) is 0 Å². The van der Waals surface area contributed by atoms with Crippen molar-refractivity contribution in [2.24, 2.45) is 5.92 Å². The number of rotatable bonds is 4. The van der Waals surface area contributed by atoms with Crippen molar-refractivity contribution < 1.29 is 13.5 Å². The lowest BCUT2D eigenvalue weighted by Gasteiger charge is -2.17. The number of hydrogen-bond acceptors (Lipinski definition) is 4. The highest BCUT2D eigenvalue weighted by Gasteiger charge is 2.31. The van der Waals surface area contributed by atoms with E-state index < -0.39 is 10.0 Å². The molecule has 1 saturated carbocycles. The van der Waals surface area contributed by atoms with Gasteiger partial charge in [0.25, 0.3) is 0 Å². The van der Waals surface area contributed by atoms with Crippen LogP contribution in [0.5, 0.6) is 0 Å². The first kappa shape index (κ1) is 15.0. The van der Waals surface area contributed by atoms with Crippen molar-refractivity contribution in [3.8, 4) is 0 Å². The van der Waals surface area contributed by atoms with E-state index in [1.54, 1.807) is 6.07 Å². The van der Waals surface area contributed by atoms with Crippen LogP contribution in [0, 0.1) is 5.92 Å². The Morgan fingerprint density at radius 3 is 2.76 bits per heavy atom. The highest BCUT2D eigenvalue weighted by Crippen LogP contribution is 2.35. The number of sulfonamides is 1. The Morgan fingerprint density at radius 2 is 2.10 bits per heavy atom. The maximum absolute atomic E-state index is 12.8. The summed E-state index contributed by atoms with van der Waals surface area (Å²) in [7, 11) is -3.60. The Kier molecular flexibility index (Phi) is 4.05. The van der Waals surface area contributed by atoms with Crippen LogP contribution in [0.1, 0.15) is 31.1 Å². The molecule has 2 N–H and O–H groups in total. The van der Waals surface area contributed by atoms with E-state index in [1.807, 2.05) is 18.2 Å². The minimum absolute atomic E-state index is 0.000190. The van der Waals surface area contributed by atoms with Crippen LogP contribution in [0.15, 0.2) is 29.2 Å². The topological polar surface area (TPSA) is 66.4 Å². The maximum atomic E-state index is 12.8. The summed E-state index contributed by atoms with van der Waals surface area (Å²) in [6.45, 7) is 1.83. The van der Waals surface area contributed by atoms with Crippen molar-refractivity contribution >= 4 is 31.4 Å². The standard InChI is InChI=1S/C15H19NO3S2/c1-10-5-4-7-12(10)16-21(18,19)15-11-6-2-3-8-13(11)20-14(15)9-17/h2-3,6,8,10,12,16-17H,4-5,7,9H2,1H3. The first-order chi connectivity index (χ1) is 10.0. The van der Waals surface area contributed by atoms with Gasteiger partial charge in [0.2, 0.25) is 10.0 Å². The summed E-state index contributed by atoms with van der Waals surface area (Å²) in [5.74, 6) is 0.363. The van der Waals surface area contributed by atoms with Crippen molar-refractivity contribution in [2.75, 3.05) is 0 Å². The van der Waals surface area contributed by atoms with Gasteiger partial charge in [0.1, 0.15) is 4.90 Å². The Labute approximate surface area is 128 Å². The molecule has 1 aliphatic rings. The van der Waals surface area contributed by atoms with Gasteiger partial charge in [0, 0.05) is 16.1 Å². The van der Waals surface area contributed by atoms with Crippen molar-refractivity contribution in [3.05, 3.63) is 29.1 Å². The van der Waals surface area contributed by atoms with Gasteiger partial charge >= 0.3 is 0 Å². The molecular weight excluding hydrogens is 306 g/mol. The van der Waals surface area contributed by atoms with E-state index >= 15 is 0 Å². The van der Waals surface area contributed by atoms with E-state index in [0.717, 1.165) is 24.0 Å². The Morgan fingerprint density at radius 1 is 1.33 bits per heavy atom. The minimum Gasteiger partial charge on any atom is -0.391 e. The number of nitrogens with one attached hydrogen (secondary N) is 1. The SMILES string of the molecule is CC1CCCC1NS(=O)(=O)c1c(CO)sc2ccccc12. The molecule has 4 nitrogen and oxygen atoms in total. The van der Waals surface area contributed by atoms with E-state index in [2.05, 4.69) is 11.6 Å². The number of hydrogen-bond donors (Lipinski definition) is 2. The molecule has 0 spiro atoms. The molecule has 2 unspecified atom stereocenters. The molecule has 0 radical (unpaired) electrons. The molecule has 0 saturated heterocycles. The quantitative estimate of drug-likeness (QED) is 0.908. The summed E-state index contributed by atoms with van der Waals surface area (Å²) < 4.78 is 29.3. The Bertz CT molecular complexity index is 751. The first-order valence-corrected chi connectivity index (χ1v) is 9.46. The van der Waals surface area contributed by atoms with Crippen LogP contribution in [0.3, 0.4) is 0 Å². The van der Waals surface area contributed by atoms with Crippen molar-refractivity contribution in [1.82, 2.24) is 4.72 Å². The fourth-order valence-corrected chi connectivity index (χ4v) is 6.23. The van der Waals surface area contributed by atoms with E-state index in [1.165, 1.54) is 11.3 Å². The summed E-state index contributed by atoms with van der Waals surface area (Å²) in [5.41, 5.74) is 0. The fraction of sp³-hybridized carbons (Fsp3) is 0.467. The Hall–Kier alpha value is -0.950. The third kappa shape index (κ3) is 2.73. The monoisotopic (exact) mass is 325 g/mol.